The van der Waals surface area contributed by atoms with Gasteiger partial charge in [0.2, 0.25) is 0 Å². The van der Waals surface area contributed by atoms with Crippen molar-refractivity contribution in [2.75, 3.05) is 13.2 Å². The van der Waals surface area contributed by atoms with E-state index in [-0.39, 0.29) is 25.2 Å². The Kier molecular flexibility index (Phi) is 34.5. The van der Waals surface area contributed by atoms with Crippen molar-refractivity contribution >= 4 is 11.9 Å². The van der Waals surface area contributed by atoms with Gasteiger partial charge in [0.05, 0.1) is 6.61 Å². The fourth-order valence-corrected chi connectivity index (χ4v) is 5.31. The van der Waals surface area contributed by atoms with E-state index in [2.05, 4.69) is 38.2 Å². The van der Waals surface area contributed by atoms with E-state index in [1.807, 2.05) is 0 Å². The van der Waals surface area contributed by atoms with Crippen molar-refractivity contribution < 1.29 is 24.2 Å². The Morgan fingerprint density at radius 3 is 1.25 bits per heavy atom. The Morgan fingerprint density at radius 1 is 0.500 bits per heavy atom. The zero-order valence-electron chi connectivity index (χ0n) is 29.2. The molecule has 0 unspecified atom stereocenters. The number of carbonyl (C=O) groups excluding carboxylic acids is 2. The number of carbonyl (C=O) groups is 2. The lowest BCUT2D eigenvalue weighted by molar-refractivity contribution is -0.161. The van der Waals surface area contributed by atoms with Crippen LogP contribution in [0.5, 0.6) is 0 Å². The van der Waals surface area contributed by atoms with E-state index in [0.717, 1.165) is 44.9 Å². The highest BCUT2D eigenvalue weighted by atomic mass is 16.6. The lowest BCUT2D eigenvalue weighted by Gasteiger charge is -2.15. The second kappa shape index (κ2) is 35.9. The minimum absolute atomic E-state index is 0.0694. The van der Waals surface area contributed by atoms with Crippen LogP contribution in [0.1, 0.15) is 194 Å². The summed E-state index contributed by atoms with van der Waals surface area (Å²) in [5.41, 5.74) is 0. The molecule has 0 fully saturated rings. The SMILES string of the molecule is CCCCCCC=CCCCCCCCC(=O)OC[C@H](CO)OC(=O)CCCCCCCCCC=CCCCCCCCC. The Morgan fingerprint density at radius 2 is 0.841 bits per heavy atom. The van der Waals surface area contributed by atoms with Crippen LogP contribution in [0.2, 0.25) is 0 Å². The summed E-state index contributed by atoms with van der Waals surface area (Å²) in [4.78, 5) is 24.2. The van der Waals surface area contributed by atoms with Crippen LogP contribution in [0.25, 0.3) is 0 Å². The van der Waals surface area contributed by atoms with Gasteiger partial charge in [-0.15, -0.1) is 0 Å². The van der Waals surface area contributed by atoms with Gasteiger partial charge in [0, 0.05) is 12.8 Å². The number of aliphatic hydroxyl groups is 1. The molecule has 0 heterocycles. The molecule has 0 aromatic carbocycles. The third-order valence-corrected chi connectivity index (χ3v) is 8.22. The van der Waals surface area contributed by atoms with Crippen LogP contribution < -0.4 is 0 Å². The summed E-state index contributed by atoms with van der Waals surface area (Å²) < 4.78 is 10.6. The van der Waals surface area contributed by atoms with Crippen LogP contribution in [-0.4, -0.2) is 36.4 Å². The van der Waals surface area contributed by atoms with E-state index in [1.54, 1.807) is 0 Å². The molecule has 44 heavy (non-hydrogen) atoms. The molecule has 0 aromatic heterocycles. The first-order valence-corrected chi connectivity index (χ1v) is 18.9. The van der Waals surface area contributed by atoms with E-state index in [4.69, 9.17) is 9.47 Å². The lowest BCUT2D eigenvalue weighted by Crippen LogP contribution is -2.28. The van der Waals surface area contributed by atoms with Crippen molar-refractivity contribution in [3.63, 3.8) is 0 Å². The number of aliphatic hydroxyl groups excluding tert-OH is 1. The molecule has 1 N–H and O–H groups in total. The van der Waals surface area contributed by atoms with E-state index < -0.39 is 6.10 Å². The summed E-state index contributed by atoms with van der Waals surface area (Å²) in [5.74, 6) is -0.603. The molecule has 1 atom stereocenters. The van der Waals surface area contributed by atoms with Crippen molar-refractivity contribution in [1.29, 1.82) is 0 Å². The predicted molar refractivity (Wildman–Crippen MR) is 187 cm³/mol. The van der Waals surface area contributed by atoms with E-state index in [0.29, 0.717) is 12.8 Å². The van der Waals surface area contributed by atoms with Gasteiger partial charge in [0.1, 0.15) is 6.61 Å². The van der Waals surface area contributed by atoms with Crippen LogP contribution in [0, 0.1) is 0 Å². The quantitative estimate of drug-likeness (QED) is 0.0440. The van der Waals surface area contributed by atoms with Crippen LogP contribution >= 0.6 is 0 Å². The van der Waals surface area contributed by atoms with Gasteiger partial charge in [-0.3, -0.25) is 9.59 Å². The number of unbranched alkanes of at least 4 members (excludes halogenated alkanes) is 22. The molecule has 0 aliphatic rings. The number of hydrogen-bond acceptors (Lipinski definition) is 5. The number of allylic oxidation sites excluding steroid dienone is 4. The first kappa shape index (κ1) is 42.4. The number of ether oxygens (including phenoxy) is 2. The molecular weight excluding hydrogens is 548 g/mol. The maximum Gasteiger partial charge on any atom is 0.306 e. The highest BCUT2D eigenvalue weighted by molar-refractivity contribution is 5.70. The fourth-order valence-electron chi connectivity index (χ4n) is 5.31. The van der Waals surface area contributed by atoms with Crippen LogP contribution in [0.4, 0.5) is 0 Å². The van der Waals surface area contributed by atoms with Gasteiger partial charge in [-0.2, -0.15) is 0 Å². The summed E-state index contributed by atoms with van der Waals surface area (Å²) in [6.07, 6.45) is 40.9. The maximum atomic E-state index is 12.1. The van der Waals surface area contributed by atoms with Crippen LogP contribution in [-0.2, 0) is 19.1 Å². The Bertz CT molecular complexity index is 671. The monoisotopic (exact) mass is 621 g/mol. The maximum absolute atomic E-state index is 12.1. The van der Waals surface area contributed by atoms with Gasteiger partial charge >= 0.3 is 11.9 Å². The molecule has 0 rings (SSSR count). The summed E-state index contributed by atoms with van der Waals surface area (Å²) in [6.45, 7) is 4.11. The number of hydrogen-bond donors (Lipinski definition) is 1. The fraction of sp³-hybridized carbons (Fsp3) is 0.846. The largest absolute Gasteiger partial charge is 0.462 e. The summed E-state index contributed by atoms with van der Waals surface area (Å²) in [5, 5.41) is 9.53. The Balaban J connectivity index is 3.56. The van der Waals surface area contributed by atoms with Gasteiger partial charge < -0.3 is 14.6 Å². The van der Waals surface area contributed by atoms with Gasteiger partial charge in [-0.25, -0.2) is 0 Å². The second-order valence-electron chi connectivity index (χ2n) is 12.6. The molecule has 0 radical (unpaired) electrons. The van der Waals surface area contributed by atoms with Crippen molar-refractivity contribution in [3.05, 3.63) is 24.3 Å². The average molecular weight is 621 g/mol. The smallest absolute Gasteiger partial charge is 0.306 e. The number of rotatable bonds is 34. The van der Waals surface area contributed by atoms with Gasteiger partial charge in [-0.1, -0.05) is 141 Å². The molecule has 0 saturated heterocycles. The molecule has 258 valence electrons. The molecule has 0 spiro atoms. The van der Waals surface area contributed by atoms with Crippen molar-refractivity contribution in [2.24, 2.45) is 0 Å². The normalized spacial score (nSPS) is 12.3. The Labute approximate surface area is 273 Å². The standard InChI is InChI=1S/C39H72O5/c1-3-5-7-9-11-13-15-17-18-19-20-22-24-26-28-30-32-34-39(42)44-37(35-40)36-43-38(41)33-31-29-27-25-23-21-16-14-12-10-8-6-4-2/h14,16-18,37,40H,3-13,15,19-36H2,1-2H3/t37-/m0/s1. The van der Waals surface area contributed by atoms with Crippen molar-refractivity contribution in [2.45, 2.75) is 200 Å². The minimum atomic E-state index is -0.772. The molecule has 5 nitrogen and oxygen atoms in total. The molecule has 0 saturated carbocycles. The van der Waals surface area contributed by atoms with Gasteiger partial charge in [0.25, 0.3) is 0 Å². The van der Waals surface area contributed by atoms with E-state index >= 15 is 0 Å². The average Bonchev–Trinajstić information content (AvgIpc) is 3.02. The third kappa shape index (κ3) is 33.3. The first-order valence-electron chi connectivity index (χ1n) is 18.9. The summed E-state index contributed by atoms with van der Waals surface area (Å²) in [6, 6.07) is 0. The van der Waals surface area contributed by atoms with E-state index in [9.17, 15) is 14.7 Å². The van der Waals surface area contributed by atoms with Crippen LogP contribution in [0.3, 0.4) is 0 Å². The highest BCUT2D eigenvalue weighted by Crippen LogP contribution is 2.13. The predicted octanol–water partition coefficient (Wildman–Crippen LogP) is 11.5. The van der Waals surface area contributed by atoms with E-state index in [1.165, 1.54) is 122 Å². The lowest BCUT2D eigenvalue weighted by atomic mass is 10.1. The summed E-state index contributed by atoms with van der Waals surface area (Å²) >= 11 is 0. The zero-order chi connectivity index (χ0) is 32.2. The van der Waals surface area contributed by atoms with Gasteiger partial charge in [-0.05, 0) is 64.2 Å². The van der Waals surface area contributed by atoms with Gasteiger partial charge in [0.15, 0.2) is 6.10 Å². The van der Waals surface area contributed by atoms with Crippen molar-refractivity contribution in [1.82, 2.24) is 0 Å². The van der Waals surface area contributed by atoms with Crippen molar-refractivity contribution in [3.8, 4) is 0 Å². The molecule has 5 heteroatoms. The molecular formula is C39H72O5. The first-order chi connectivity index (χ1) is 21.6. The summed E-state index contributed by atoms with van der Waals surface area (Å²) in [7, 11) is 0. The molecule has 0 aliphatic carbocycles. The topological polar surface area (TPSA) is 72.8 Å². The third-order valence-electron chi connectivity index (χ3n) is 8.22. The highest BCUT2D eigenvalue weighted by Gasteiger charge is 2.16. The molecule has 0 aliphatic heterocycles. The number of esters is 2. The molecule has 0 bridgehead atoms. The zero-order valence-corrected chi connectivity index (χ0v) is 29.2. The Hall–Kier alpha value is -1.62. The molecule has 0 aromatic rings. The second-order valence-corrected chi connectivity index (χ2v) is 12.6. The van der Waals surface area contributed by atoms with Crippen LogP contribution in [0.15, 0.2) is 24.3 Å². The minimum Gasteiger partial charge on any atom is -0.462 e. The molecule has 0 amide bonds.